The fraction of sp³-hybridized carbons (Fsp3) is 0.316. The molecule has 2 amide bonds. The summed E-state index contributed by atoms with van der Waals surface area (Å²) in [4.78, 5) is 12.1. The smallest absolute Gasteiger partial charge is 0.315 e. The van der Waals surface area contributed by atoms with Crippen molar-refractivity contribution in [1.82, 2.24) is 10.6 Å². The minimum Gasteiger partial charge on any atom is -0.497 e. The van der Waals surface area contributed by atoms with Gasteiger partial charge in [-0.1, -0.05) is 24.3 Å². The Morgan fingerprint density at radius 1 is 1.17 bits per heavy atom. The summed E-state index contributed by atoms with van der Waals surface area (Å²) in [6.45, 7) is 4.27. The van der Waals surface area contributed by atoms with Crippen LogP contribution in [0, 0.1) is 5.82 Å². The van der Waals surface area contributed by atoms with Gasteiger partial charge in [0.25, 0.3) is 0 Å². The number of rotatable bonds is 6. The van der Waals surface area contributed by atoms with Crippen molar-refractivity contribution in [2.75, 3.05) is 13.7 Å². The fourth-order valence-corrected chi connectivity index (χ4v) is 2.42. The Morgan fingerprint density at radius 3 is 2.54 bits per heavy atom. The molecule has 24 heavy (non-hydrogen) atoms. The Kier molecular flexibility index (Phi) is 5.79. The van der Waals surface area contributed by atoms with Crippen LogP contribution in [0.4, 0.5) is 9.18 Å². The number of hydrogen-bond donors (Lipinski definition) is 2. The first-order valence-corrected chi connectivity index (χ1v) is 7.86. The Hall–Kier alpha value is -2.56. The minimum atomic E-state index is -0.590. The third-order valence-corrected chi connectivity index (χ3v) is 3.83. The van der Waals surface area contributed by atoms with Crippen LogP contribution in [-0.2, 0) is 12.0 Å². The summed E-state index contributed by atoms with van der Waals surface area (Å²) < 4.78 is 18.2. The number of ether oxygens (including phenoxy) is 1. The van der Waals surface area contributed by atoms with Gasteiger partial charge in [0, 0.05) is 6.54 Å². The van der Waals surface area contributed by atoms with Crippen LogP contribution in [0.5, 0.6) is 5.75 Å². The van der Waals surface area contributed by atoms with E-state index in [1.54, 1.807) is 19.2 Å². The zero-order chi connectivity index (χ0) is 17.6. The van der Waals surface area contributed by atoms with Crippen LogP contribution in [0.25, 0.3) is 0 Å². The van der Waals surface area contributed by atoms with Crippen LogP contribution in [0.1, 0.15) is 25.0 Å². The zero-order valence-corrected chi connectivity index (χ0v) is 14.2. The van der Waals surface area contributed by atoms with Gasteiger partial charge in [-0.25, -0.2) is 9.18 Å². The van der Waals surface area contributed by atoms with Gasteiger partial charge >= 0.3 is 6.03 Å². The molecule has 0 spiro atoms. The first-order valence-electron chi connectivity index (χ1n) is 7.86. The summed E-state index contributed by atoms with van der Waals surface area (Å²) >= 11 is 0. The normalized spacial score (nSPS) is 11.0. The van der Waals surface area contributed by atoms with Crippen molar-refractivity contribution in [3.63, 3.8) is 0 Å². The molecule has 0 radical (unpaired) electrons. The predicted molar refractivity (Wildman–Crippen MR) is 92.7 cm³/mol. The first kappa shape index (κ1) is 17.8. The number of nitrogens with one attached hydrogen (secondary N) is 2. The molecule has 4 nitrogen and oxygen atoms in total. The largest absolute Gasteiger partial charge is 0.497 e. The van der Waals surface area contributed by atoms with Crippen molar-refractivity contribution in [3.8, 4) is 5.75 Å². The van der Waals surface area contributed by atoms with Crippen LogP contribution >= 0.6 is 0 Å². The molecule has 0 saturated carbocycles. The van der Waals surface area contributed by atoms with Crippen molar-refractivity contribution in [2.24, 2.45) is 0 Å². The molecule has 2 N–H and O–H groups in total. The van der Waals surface area contributed by atoms with Gasteiger partial charge in [-0.15, -0.1) is 0 Å². The second kappa shape index (κ2) is 7.81. The molecule has 0 fully saturated rings. The summed E-state index contributed by atoms with van der Waals surface area (Å²) in [6.07, 6.45) is 0.710. The Balaban J connectivity index is 1.85. The number of carbonyl (C=O) groups excluding carboxylic acids is 1. The van der Waals surface area contributed by atoms with Gasteiger partial charge in [0.15, 0.2) is 0 Å². The van der Waals surface area contributed by atoms with Gasteiger partial charge in [0.1, 0.15) is 11.6 Å². The maximum Gasteiger partial charge on any atom is 0.315 e. The molecule has 0 aliphatic carbocycles. The number of amides is 2. The van der Waals surface area contributed by atoms with E-state index >= 15 is 0 Å². The highest BCUT2D eigenvalue weighted by Gasteiger charge is 2.22. The fourth-order valence-electron chi connectivity index (χ4n) is 2.42. The number of halogens is 1. The van der Waals surface area contributed by atoms with E-state index in [1.165, 1.54) is 12.1 Å². The highest BCUT2D eigenvalue weighted by molar-refractivity contribution is 5.75. The molecule has 0 aromatic heterocycles. The monoisotopic (exact) mass is 330 g/mol. The maximum atomic E-state index is 13.0. The molecule has 0 bridgehead atoms. The highest BCUT2D eigenvalue weighted by atomic mass is 19.1. The highest BCUT2D eigenvalue weighted by Crippen LogP contribution is 2.20. The van der Waals surface area contributed by atoms with E-state index in [-0.39, 0.29) is 11.8 Å². The number of methoxy groups -OCH3 is 1. The Morgan fingerprint density at radius 2 is 1.88 bits per heavy atom. The van der Waals surface area contributed by atoms with Crippen molar-refractivity contribution < 1.29 is 13.9 Å². The minimum absolute atomic E-state index is 0.257. The predicted octanol–water partition coefficient (Wildman–Crippen LogP) is 3.61. The van der Waals surface area contributed by atoms with Crippen LogP contribution in [-0.4, -0.2) is 19.7 Å². The lowest BCUT2D eigenvalue weighted by atomic mass is 9.94. The average molecular weight is 330 g/mol. The van der Waals surface area contributed by atoms with E-state index in [1.807, 2.05) is 38.1 Å². The van der Waals surface area contributed by atoms with E-state index in [0.29, 0.717) is 13.0 Å². The number of hydrogen-bond acceptors (Lipinski definition) is 2. The summed E-state index contributed by atoms with van der Waals surface area (Å²) in [5, 5.41) is 5.74. The lowest BCUT2D eigenvalue weighted by Crippen LogP contribution is -2.46. The standard InChI is InChI=1S/C19H23FN2O2/c1-19(2,15-7-9-16(20)10-8-15)22-18(23)21-12-11-14-5-4-6-17(13-14)24-3/h4-10,13H,11-12H2,1-3H3,(H2,21,22,23). The number of benzene rings is 2. The Labute approximate surface area is 142 Å². The van der Waals surface area contributed by atoms with Crippen LogP contribution in [0.15, 0.2) is 48.5 Å². The van der Waals surface area contributed by atoms with Gasteiger partial charge in [0.05, 0.1) is 12.6 Å². The second-order valence-corrected chi connectivity index (χ2v) is 6.11. The summed E-state index contributed by atoms with van der Waals surface area (Å²) in [7, 11) is 1.63. The second-order valence-electron chi connectivity index (χ2n) is 6.11. The average Bonchev–Trinajstić information content (AvgIpc) is 2.55. The molecule has 2 aromatic carbocycles. The maximum absolute atomic E-state index is 13.0. The molecule has 0 aliphatic heterocycles. The summed E-state index contributed by atoms with van der Waals surface area (Å²) in [5.41, 5.74) is 1.34. The number of carbonyl (C=O) groups is 1. The van der Waals surface area contributed by atoms with E-state index in [2.05, 4.69) is 10.6 Å². The van der Waals surface area contributed by atoms with Gasteiger partial charge in [0.2, 0.25) is 0 Å². The molecule has 0 heterocycles. The van der Waals surface area contributed by atoms with Gasteiger partial charge in [-0.3, -0.25) is 0 Å². The van der Waals surface area contributed by atoms with Gasteiger partial charge in [-0.2, -0.15) is 0 Å². The van der Waals surface area contributed by atoms with Crippen molar-refractivity contribution >= 4 is 6.03 Å². The van der Waals surface area contributed by atoms with Crippen LogP contribution < -0.4 is 15.4 Å². The van der Waals surface area contributed by atoms with Crippen molar-refractivity contribution in [2.45, 2.75) is 25.8 Å². The van der Waals surface area contributed by atoms with E-state index in [9.17, 15) is 9.18 Å². The summed E-state index contributed by atoms with van der Waals surface area (Å²) in [5.74, 6) is 0.506. The van der Waals surface area contributed by atoms with Crippen molar-refractivity contribution in [1.29, 1.82) is 0 Å². The molecule has 0 atom stereocenters. The molecule has 0 aliphatic rings. The zero-order valence-electron chi connectivity index (χ0n) is 14.2. The van der Waals surface area contributed by atoms with E-state index in [4.69, 9.17) is 4.74 Å². The quantitative estimate of drug-likeness (QED) is 0.850. The molecule has 2 rings (SSSR count). The molecule has 2 aromatic rings. The van der Waals surface area contributed by atoms with Gasteiger partial charge < -0.3 is 15.4 Å². The van der Waals surface area contributed by atoms with Crippen molar-refractivity contribution in [3.05, 3.63) is 65.5 Å². The van der Waals surface area contributed by atoms with Crippen LogP contribution in [0.3, 0.4) is 0 Å². The summed E-state index contributed by atoms with van der Waals surface area (Å²) in [6, 6.07) is 13.6. The molecule has 0 saturated heterocycles. The lowest BCUT2D eigenvalue weighted by Gasteiger charge is -2.27. The molecule has 0 unspecified atom stereocenters. The van der Waals surface area contributed by atoms with Gasteiger partial charge in [-0.05, 0) is 55.7 Å². The first-order chi connectivity index (χ1) is 11.4. The third-order valence-electron chi connectivity index (χ3n) is 3.83. The van der Waals surface area contributed by atoms with E-state index < -0.39 is 5.54 Å². The van der Waals surface area contributed by atoms with E-state index in [0.717, 1.165) is 16.9 Å². The molecule has 128 valence electrons. The third kappa shape index (κ3) is 4.98. The lowest BCUT2D eigenvalue weighted by molar-refractivity contribution is 0.230. The SMILES string of the molecule is COc1cccc(CCNC(=O)NC(C)(C)c2ccc(F)cc2)c1. The van der Waals surface area contributed by atoms with Crippen LogP contribution in [0.2, 0.25) is 0 Å². The Bertz CT molecular complexity index is 684. The topological polar surface area (TPSA) is 50.4 Å². The molecular weight excluding hydrogens is 307 g/mol. The molecular formula is C19H23FN2O2. The molecule has 5 heteroatoms. The number of urea groups is 1.